The first-order valence-electron chi connectivity index (χ1n) is 19.8. The molecule has 0 bridgehead atoms. The number of hydrogen-bond donors (Lipinski definition) is 0. The Balaban J connectivity index is 1.19. The van der Waals surface area contributed by atoms with Gasteiger partial charge in [-0.1, -0.05) is 152 Å². The maximum absolute atomic E-state index is 5.26. The summed E-state index contributed by atoms with van der Waals surface area (Å²) in [5.41, 5.74) is 12.4. The minimum Gasteiger partial charge on any atom is -0.309 e. The fourth-order valence-corrected chi connectivity index (χ4v) is 10.0. The first-order valence-corrected chi connectivity index (χ1v) is 20.6. The number of nitrogens with zero attached hydrogens (tertiary/aromatic N) is 2. The van der Waals surface area contributed by atoms with Crippen molar-refractivity contribution in [2.75, 3.05) is 0 Å². The van der Waals surface area contributed by atoms with Crippen LogP contribution in [-0.2, 0) is 0 Å². The molecule has 0 spiro atoms. The van der Waals surface area contributed by atoms with Crippen molar-refractivity contribution in [3.05, 3.63) is 206 Å². The second kappa shape index (κ2) is 13.1. The number of fused-ring (bicyclic) bond motifs is 10. The van der Waals surface area contributed by atoms with E-state index in [2.05, 4.69) is 210 Å². The van der Waals surface area contributed by atoms with Gasteiger partial charge in [-0.2, -0.15) is 0 Å². The molecule has 270 valence electrons. The minimum atomic E-state index is 0.943. The predicted molar refractivity (Wildman–Crippen MR) is 248 cm³/mol. The van der Waals surface area contributed by atoms with Crippen LogP contribution in [0.15, 0.2) is 206 Å². The first-order chi connectivity index (χ1) is 28.7. The van der Waals surface area contributed by atoms with E-state index >= 15 is 0 Å². The highest BCUT2D eigenvalue weighted by Gasteiger charge is 2.20. The van der Waals surface area contributed by atoms with Crippen LogP contribution in [-0.4, -0.2) is 9.55 Å². The Bertz CT molecular complexity index is 3490. The first kappa shape index (κ1) is 32.9. The number of pyridine rings is 1. The predicted octanol–water partition coefficient (Wildman–Crippen LogP) is 15.5. The third-order valence-corrected chi connectivity index (χ3v) is 12.8. The molecule has 3 heterocycles. The van der Waals surface area contributed by atoms with Gasteiger partial charge in [0.05, 0.1) is 28.1 Å². The number of aromatic nitrogens is 2. The summed E-state index contributed by atoms with van der Waals surface area (Å²) in [6.07, 6.45) is 0. The van der Waals surface area contributed by atoms with Gasteiger partial charge < -0.3 is 4.57 Å². The van der Waals surface area contributed by atoms with Gasteiger partial charge in [-0.05, 0) is 114 Å². The van der Waals surface area contributed by atoms with Crippen LogP contribution < -0.4 is 0 Å². The standard InChI is InChI=1S/C55H34N2S/c1-4-13-35(14-5-1)39-24-26-53-49(29-39)50-33-47-44-21-11-10-20-43(44)46-30-40(42-22-12-19-38-27-28-58-55(38)42)23-25-45(46)48(47)34-54(50)57(53)41-31-51(36-15-6-2-7-16-36)56-52(32-41)37-17-8-3-9-18-37/h1-34H. The van der Waals surface area contributed by atoms with Gasteiger partial charge in [-0.15, -0.1) is 11.3 Å². The third-order valence-electron chi connectivity index (χ3n) is 11.8. The van der Waals surface area contributed by atoms with E-state index in [0.717, 1.165) is 33.7 Å². The van der Waals surface area contributed by atoms with Crippen LogP contribution in [0, 0.1) is 0 Å². The Morgan fingerprint density at radius 3 is 1.62 bits per heavy atom. The summed E-state index contributed by atoms with van der Waals surface area (Å²) in [5, 5.41) is 13.5. The molecule has 0 fully saturated rings. The quantitative estimate of drug-likeness (QED) is 0.160. The fraction of sp³-hybridized carbons (Fsp3) is 0. The van der Waals surface area contributed by atoms with Crippen molar-refractivity contribution >= 4 is 75.5 Å². The minimum absolute atomic E-state index is 0.943. The largest absolute Gasteiger partial charge is 0.309 e. The molecule has 9 aromatic carbocycles. The Hall–Kier alpha value is -7.33. The summed E-state index contributed by atoms with van der Waals surface area (Å²) in [6, 6.07) is 73.1. The number of benzene rings is 9. The number of rotatable bonds is 5. The highest BCUT2D eigenvalue weighted by molar-refractivity contribution is 7.17. The summed E-state index contributed by atoms with van der Waals surface area (Å²) in [7, 11) is 0. The van der Waals surface area contributed by atoms with Crippen LogP contribution in [0.3, 0.4) is 0 Å². The molecule has 0 atom stereocenters. The van der Waals surface area contributed by atoms with Gasteiger partial charge in [-0.25, -0.2) is 4.98 Å². The van der Waals surface area contributed by atoms with E-state index in [0.29, 0.717) is 0 Å². The molecule has 0 aliphatic carbocycles. The molecule has 0 N–H and O–H groups in total. The third kappa shape index (κ3) is 5.21. The maximum Gasteiger partial charge on any atom is 0.0730 e. The number of thiophene rings is 1. The zero-order chi connectivity index (χ0) is 38.2. The second-order valence-electron chi connectivity index (χ2n) is 15.1. The lowest BCUT2D eigenvalue weighted by Crippen LogP contribution is -1.98. The maximum atomic E-state index is 5.26. The van der Waals surface area contributed by atoms with E-state index in [1.807, 2.05) is 11.3 Å². The van der Waals surface area contributed by atoms with Gasteiger partial charge in [0, 0.05) is 26.6 Å². The molecular weight excluding hydrogens is 721 g/mol. The van der Waals surface area contributed by atoms with Crippen molar-refractivity contribution in [1.82, 2.24) is 9.55 Å². The lowest BCUT2D eigenvalue weighted by atomic mass is 9.91. The Morgan fingerprint density at radius 1 is 0.345 bits per heavy atom. The zero-order valence-electron chi connectivity index (χ0n) is 31.4. The lowest BCUT2D eigenvalue weighted by Gasteiger charge is -2.15. The van der Waals surface area contributed by atoms with Gasteiger partial charge in [-0.3, -0.25) is 0 Å². The molecule has 2 nitrogen and oxygen atoms in total. The van der Waals surface area contributed by atoms with Gasteiger partial charge in [0.25, 0.3) is 0 Å². The van der Waals surface area contributed by atoms with Crippen LogP contribution in [0.25, 0.3) is 115 Å². The van der Waals surface area contributed by atoms with Gasteiger partial charge in [0.1, 0.15) is 0 Å². The molecule has 0 radical (unpaired) electrons. The molecule has 0 aliphatic rings. The summed E-state index contributed by atoms with van der Waals surface area (Å²) < 4.78 is 3.79. The van der Waals surface area contributed by atoms with E-state index in [9.17, 15) is 0 Å². The SMILES string of the molecule is c1ccc(-c2ccc3c(c2)c2cc4c5ccccc5c5cc(-c6cccc7ccsc67)ccc5c4cc2n3-c2cc(-c3ccccc3)nc(-c3ccccc3)c2)cc1. The van der Waals surface area contributed by atoms with Crippen molar-refractivity contribution in [3.8, 4) is 50.5 Å². The average molecular weight is 755 g/mol. The fourth-order valence-electron chi connectivity index (χ4n) is 9.10. The zero-order valence-corrected chi connectivity index (χ0v) is 32.2. The summed E-state index contributed by atoms with van der Waals surface area (Å²) >= 11 is 1.81. The molecule has 0 aliphatic heterocycles. The summed E-state index contributed by atoms with van der Waals surface area (Å²) in [5.74, 6) is 0. The smallest absolute Gasteiger partial charge is 0.0730 e. The highest BCUT2D eigenvalue weighted by atomic mass is 32.1. The van der Waals surface area contributed by atoms with E-state index in [1.165, 1.54) is 80.9 Å². The normalized spacial score (nSPS) is 11.8. The monoisotopic (exact) mass is 754 g/mol. The molecule has 3 heteroatoms. The molecule has 0 saturated heterocycles. The van der Waals surface area contributed by atoms with Gasteiger partial charge in [0.15, 0.2) is 0 Å². The van der Waals surface area contributed by atoms with Crippen molar-refractivity contribution in [2.24, 2.45) is 0 Å². The molecule has 12 aromatic rings. The Labute approximate surface area is 339 Å². The molecule has 3 aromatic heterocycles. The topological polar surface area (TPSA) is 17.8 Å². The highest BCUT2D eigenvalue weighted by Crippen LogP contribution is 2.44. The summed E-state index contributed by atoms with van der Waals surface area (Å²) in [6.45, 7) is 0. The molecule has 0 amide bonds. The molecule has 58 heavy (non-hydrogen) atoms. The molecular formula is C55H34N2S. The van der Waals surface area contributed by atoms with Crippen LogP contribution in [0.2, 0.25) is 0 Å². The van der Waals surface area contributed by atoms with Crippen molar-refractivity contribution in [1.29, 1.82) is 0 Å². The Morgan fingerprint density at radius 2 is 0.914 bits per heavy atom. The van der Waals surface area contributed by atoms with Gasteiger partial charge in [0.2, 0.25) is 0 Å². The van der Waals surface area contributed by atoms with Crippen molar-refractivity contribution in [2.45, 2.75) is 0 Å². The summed E-state index contributed by atoms with van der Waals surface area (Å²) in [4.78, 5) is 5.26. The lowest BCUT2D eigenvalue weighted by molar-refractivity contribution is 1.16. The van der Waals surface area contributed by atoms with Crippen molar-refractivity contribution in [3.63, 3.8) is 0 Å². The second-order valence-corrected chi connectivity index (χ2v) is 16.0. The molecule has 0 unspecified atom stereocenters. The van der Waals surface area contributed by atoms with Gasteiger partial charge >= 0.3 is 0 Å². The molecule has 12 rings (SSSR count). The average Bonchev–Trinajstić information content (AvgIpc) is 3.92. The van der Waals surface area contributed by atoms with E-state index in [1.54, 1.807) is 0 Å². The van der Waals surface area contributed by atoms with E-state index in [4.69, 9.17) is 4.98 Å². The van der Waals surface area contributed by atoms with Crippen LogP contribution in [0.5, 0.6) is 0 Å². The Kier molecular flexibility index (Phi) is 7.44. The molecule has 0 saturated carbocycles. The van der Waals surface area contributed by atoms with Crippen LogP contribution in [0.4, 0.5) is 0 Å². The number of hydrogen-bond acceptors (Lipinski definition) is 2. The van der Waals surface area contributed by atoms with Crippen LogP contribution >= 0.6 is 11.3 Å². The van der Waals surface area contributed by atoms with E-state index in [-0.39, 0.29) is 0 Å². The van der Waals surface area contributed by atoms with Crippen molar-refractivity contribution < 1.29 is 0 Å². The van der Waals surface area contributed by atoms with E-state index < -0.39 is 0 Å². The van der Waals surface area contributed by atoms with Crippen LogP contribution in [0.1, 0.15) is 0 Å².